The summed E-state index contributed by atoms with van der Waals surface area (Å²) in [6.45, 7) is 2.93. The Morgan fingerprint density at radius 1 is 1.75 bits per heavy atom. The summed E-state index contributed by atoms with van der Waals surface area (Å²) in [7, 11) is 0. The van der Waals surface area contributed by atoms with E-state index in [1.807, 2.05) is 0 Å². The lowest BCUT2D eigenvalue weighted by Crippen LogP contribution is -2.09. The van der Waals surface area contributed by atoms with Crippen molar-refractivity contribution in [2.75, 3.05) is 6.54 Å². The monoisotopic (exact) mass is 203 g/mol. The molecule has 5 heteroatoms. The standard InChI is InChI=1S/C7H13N3S2/c1-2-6(3-4-8)11-7-9-5-10-12-7/h5-6H,2-4,8H2,1H3. The minimum atomic E-state index is 0.600. The van der Waals surface area contributed by atoms with Crippen LogP contribution in [0.4, 0.5) is 0 Å². The van der Waals surface area contributed by atoms with Crippen molar-refractivity contribution in [1.29, 1.82) is 0 Å². The topological polar surface area (TPSA) is 51.8 Å². The van der Waals surface area contributed by atoms with Crippen molar-refractivity contribution in [3.63, 3.8) is 0 Å². The van der Waals surface area contributed by atoms with E-state index >= 15 is 0 Å². The van der Waals surface area contributed by atoms with Crippen molar-refractivity contribution < 1.29 is 0 Å². The van der Waals surface area contributed by atoms with E-state index in [-0.39, 0.29) is 0 Å². The molecule has 0 radical (unpaired) electrons. The van der Waals surface area contributed by atoms with Gasteiger partial charge in [0.25, 0.3) is 0 Å². The van der Waals surface area contributed by atoms with Crippen LogP contribution in [-0.2, 0) is 0 Å². The number of hydrogen-bond acceptors (Lipinski definition) is 5. The van der Waals surface area contributed by atoms with E-state index < -0.39 is 0 Å². The molecular formula is C7H13N3S2. The Morgan fingerprint density at radius 3 is 3.08 bits per heavy atom. The van der Waals surface area contributed by atoms with Crippen molar-refractivity contribution in [2.24, 2.45) is 5.73 Å². The van der Waals surface area contributed by atoms with Gasteiger partial charge in [-0.1, -0.05) is 18.7 Å². The highest BCUT2D eigenvalue weighted by Crippen LogP contribution is 2.27. The van der Waals surface area contributed by atoms with Crippen LogP contribution in [0.2, 0.25) is 0 Å². The fourth-order valence-electron chi connectivity index (χ4n) is 0.890. The Kier molecular flexibility index (Phi) is 4.57. The van der Waals surface area contributed by atoms with Gasteiger partial charge >= 0.3 is 0 Å². The molecule has 1 heterocycles. The number of thioether (sulfide) groups is 1. The minimum Gasteiger partial charge on any atom is -0.330 e. The fraction of sp³-hybridized carbons (Fsp3) is 0.714. The van der Waals surface area contributed by atoms with Gasteiger partial charge in [0.05, 0.1) is 0 Å². The summed E-state index contributed by atoms with van der Waals surface area (Å²) in [4.78, 5) is 4.12. The second-order valence-corrected chi connectivity index (χ2v) is 4.76. The summed E-state index contributed by atoms with van der Waals surface area (Å²) in [6, 6.07) is 0. The largest absolute Gasteiger partial charge is 0.330 e. The minimum absolute atomic E-state index is 0.600. The van der Waals surface area contributed by atoms with Crippen molar-refractivity contribution in [3.05, 3.63) is 6.33 Å². The van der Waals surface area contributed by atoms with E-state index in [2.05, 4.69) is 16.3 Å². The molecule has 68 valence electrons. The highest BCUT2D eigenvalue weighted by molar-refractivity contribution is 8.01. The molecule has 2 N–H and O–H groups in total. The van der Waals surface area contributed by atoms with Crippen LogP contribution >= 0.6 is 23.3 Å². The average Bonchev–Trinajstić information content (AvgIpc) is 2.56. The van der Waals surface area contributed by atoms with Crippen molar-refractivity contribution in [1.82, 2.24) is 9.36 Å². The van der Waals surface area contributed by atoms with Crippen LogP contribution < -0.4 is 5.73 Å². The molecule has 3 nitrogen and oxygen atoms in total. The summed E-state index contributed by atoms with van der Waals surface area (Å²) < 4.78 is 5.00. The first kappa shape index (κ1) is 9.95. The molecule has 1 unspecified atom stereocenters. The van der Waals surface area contributed by atoms with E-state index in [4.69, 9.17) is 5.73 Å². The zero-order chi connectivity index (χ0) is 8.81. The summed E-state index contributed by atoms with van der Waals surface area (Å²) in [5, 5.41) is 0.600. The highest BCUT2D eigenvalue weighted by atomic mass is 32.2. The third kappa shape index (κ3) is 3.08. The van der Waals surface area contributed by atoms with Gasteiger partial charge in [0.15, 0.2) is 4.34 Å². The first-order chi connectivity index (χ1) is 5.86. The zero-order valence-electron chi connectivity index (χ0n) is 7.06. The van der Waals surface area contributed by atoms with E-state index in [1.54, 1.807) is 18.1 Å². The molecule has 12 heavy (non-hydrogen) atoms. The zero-order valence-corrected chi connectivity index (χ0v) is 8.70. The number of hydrogen-bond donors (Lipinski definition) is 1. The van der Waals surface area contributed by atoms with Crippen molar-refractivity contribution >= 4 is 23.3 Å². The quantitative estimate of drug-likeness (QED) is 0.741. The van der Waals surface area contributed by atoms with Crippen LogP contribution in [0, 0.1) is 0 Å². The third-order valence-corrected chi connectivity index (χ3v) is 3.74. The number of rotatable bonds is 5. The Morgan fingerprint density at radius 2 is 2.58 bits per heavy atom. The van der Waals surface area contributed by atoms with Gasteiger partial charge in [0, 0.05) is 5.25 Å². The molecule has 0 saturated heterocycles. The Hall–Kier alpha value is -0.130. The summed E-state index contributed by atoms with van der Waals surface area (Å²) in [5.74, 6) is 0. The molecule has 0 fully saturated rings. The Bertz CT molecular complexity index is 200. The number of nitrogens with two attached hydrogens (primary N) is 1. The van der Waals surface area contributed by atoms with Crippen LogP contribution in [0.15, 0.2) is 10.7 Å². The molecule has 0 aliphatic heterocycles. The maximum Gasteiger partial charge on any atom is 0.170 e. The van der Waals surface area contributed by atoms with Crippen molar-refractivity contribution in [3.8, 4) is 0 Å². The lowest BCUT2D eigenvalue weighted by atomic mass is 10.2. The first-order valence-corrected chi connectivity index (χ1v) is 5.65. The average molecular weight is 203 g/mol. The molecule has 1 aromatic heterocycles. The van der Waals surface area contributed by atoms with Gasteiger partial charge in [-0.05, 0) is 30.9 Å². The van der Waals surface area contributed by atoms with Gasteiger partial charge in [-0.3, -0.25) is 0 Å². The summed E-state index contributed by atoms with van der Waals surface area (Å²) >= 11 is 3.24. The Balaban J connectivity index is 2.37. The molecule has 1 atom stereocenters. The normalized spacial score (nSPS) is 13.2. The second kappa shape index (κ2) is 5.50. The molecule has 0 saturated carbocycles. The molecule has 0 spiro atoms. The van der Waals surface area contributed by atoms with Gasteiger partial charge in [-0.25, -0.2) is 4.98 Å². The number of aromatic nitrogens is 2. The van der Waals surface area contributed by atoms with Gasteiger partial charge in [-0.2, -0.15) is 4.37 Å². The predicted molar refractivity (Wildman–Crippen MR) is 53.5 cm³/mol. The predicted octanol–water partition coefficient (Wildman–Crippen LogP) is 1.76. The van der Waals surface area contributed by atoms with E-state index in [9.17, 15) is 0 Å². The van der Waals surface area contributed by atoms with Gasteiger partial charge < -0.3 is 5.73 Å². The molecule has 0 bridgehead atoms. The van der Waals surface area contributed by atoms with Crippen LogP contribution in [-0.4, -0.2) is 21.2 Å². The Labute approximate surface area is 80.9 Å². The van der Waals surface area contributed by atoms with Crippen LogP contribution in [0.3, 0.4) is 0 Å². The molecular weight excluding hydrogens is 190 g/mol. The molecule has 1 rings (SSSR count). The molecule has 0 aliphatic carbocycles. The highest BCUT2D eigenvalue weighted by Gasteiger charge is 2.08. The van der Waals surface area contributed by atoms with E-state index in [0.717, 1.165) is 23.7 Å². The van der Waals surface area contributed by atoms with E-state index in [1.165, 1.54) is 11.5 Å². The number of nitrogens with zero attached hydrogens (tertiary/aromatic N) is 2. The lowest BCUT2D eigenvalue weighted by Gasteiger charge is -2.09. The smallest absolute Gasteiger partial charge is 0.170 e. The second-order valence-electron chi connectivity index (χ2n) is 2.43. The molecule has 0 amide bonds. The van der Waals surface area contributed by atoms with Crippen molar-refractivity contribution in [2.45, 2.75) is 29.4 Å². The lowest BCUT2D eigenvalue weighted by molar-refractivity contribution is 0.745. The summed E-state index contributed by atoms with van der Waals surface area (Å²) in [6.07, 6.45) is 3.80. The van der Waals surface area contributed by atoms with Gasteiger partial charge in [0.1, 0.15) is 6.33 Å². The van der Waals surface area contributed by atoms with Gasteiger partial charge in [0.2, 0.25) is 0 Å². The van der Waals surface area contributed by atoms with Crippen LogP contribution in [0.5, 0.6) is 0 Å². The fourth-order valence-corrected chi connectivity index (χ4v) is 2.69. The molecule has 1 aromatic rings. The first-order valence-electron chi connectivity index (χ1n) is 4.00. The maximum absolute atomic E-state index is 5.49. The summed E-state index contributed by atoms with van der Waals surface area (Å²) in [5.41, 5.74) is 5.49. The van der Waals surface area contributed by atoms with Crippen LogP contribution in [0.1, 0.15) is 19.8 Å². The molecule has 0 aliphatic rings. The van der Waals surface area contributed by atoms with E-state index in [0.29, 0.717) is 5.25 Å². The molecule has 0 aromatic carbocycles. The van der Waals surface area contributed by atoms with Crippen LogP contribution in [0.25, 0.3) is 0 Å². The maximum atomic E-state index is 5.49. The van der Waals surface area contributed by atoms with Gasteiger partial charge in [-0.15, -0.1) is 0 Å². The third-order valence-electron chi connectivity index (χ3n) is 1.55. The SMILES string of the molecule is CCC(CCN)Sc1ncns1.